The van der Waals surface area contributed by atoms with E-state index < -0.39 is 0 Å². The van der Waals surface area contributed by atoms with Gasteiger partial charge in [-0.15, -0.1) is 0 Å². The van der Waals surface area contributed by atoms with Gasteiger partial charge < -0.3 is 20.5 Å². The average molecular weight is 280 g/mol. The third-order valence-electron chi connectivity index (χ3n) is 2.53. The molecule has 1 aromatic carbocycles. The first kappa shape index (κ1) is 16.6. The van der Waals surface area contributed by atoms with E-state index in [-0.39, 0.29) is 12.0 Å². The van der Waals surface area contributed by atoms with Crippen LogP contribution in [0.3, 0.4) is 0 Å². The van der Waals surface area contributed by atoms with Crippen molar-refractivity contribution >= 4 is 11.6 Å². The third kappa shape index (κ3) is 7.23. The highest BCUT2D eigenvalue weighted by Gasteiger charge is 2.02. The second-order valence-corrected chi connectivity index (χ2v) is 4.76. The molecule has 1 amide bonds. The predicted octanol–water partition coefficient (Wildman–Crippen LogP) is 1.92. The fourth-order valence-electron chi connectivity index (χ4n) is 1.63. The lowest BCUT2D eigenvalue weighted by molar-refractivity contribution is -0.116. The van der Waals surface area contributed by atoms with Crippen LogP contribution < -0.4 is 11.1 Å². The number of anilines is 1. The molecule has 0 radical (unpaired) electrons. The molecule has 0 heterocycles. The van der Waals surface area contributed by atoms with Crippen molar-refractivity contribution in [2.45, 2.75) is 33.0 Å². The number of carbonyl (C=O) groups excluding carboxylic acids is 1. The van der Waals surface area contributed by atoms with Crippen LogP contribution in [0, 0.1) is 0 Å². The molecule has 0 bridgehead atoms. The molecule has 0 spiro atoms. The maximum atomic E-state index is 11.4. The van der Waals surface area contributed by atoms with Crippen molar-refractivity contribution in [2.24, 2.45) is 5.73 Å². The molecule has 1 aromatic rings. The molecule has 0 unspecified atom stereocenters. The van der Waals surface area contributed by atoms with Crippen LogP contribution in [-0.2, 0) is 20.9 Å². The van der Waals surface area contributed by atoms with Crippen LogP contribution in [0.25, 0.3) is 0 Å². The van der Waals surface area contributed by atoms with E-state index in [0.717, 1.165) is 11.3 Å². The normalized spacial score (nSPS) is 10.8. The summed E-state index contributed by atoms with van der Waals surface area (Å²) in [5, 5.41) is 2.80. The number of ether oxygens (including phenoxy) is 2. The Morgan fingerprint density at radius 3 is 2.85 bits per heavy atom. The zero-order chi connectivity index (χ0) is 14.8. The number of amides is 1. The van der Waals surface area contributed by atoms with Crippen molar-refractivity contribution in [1.82, 2.24) is 0 Å². The van der Waals surface area contributed by atoms with E-state index in [1.165, 1.54) is 0 Å². The Labute approximate surface area is 120 Å². The van der Waals surface area contributed by atoms with Crippen molar-refractivity contribution in [2.75, 3.05) is 25.1 Å². The van der Waals surface area contributed by atoms with E-state index in [0.29, 0.717) is 32.8 Å². The first-order valence-corrected chi connectivity index (χ1v) is 6.90. The van der Waals surface area contributed by atoms with Gasteiger partial charge in [0.1, 0.15) is 0 Å². The molecule has 0 saturated heterocycles. The van der Waals surface area contributed by atoms with E-state index in [4.69, 9.17) is 15.2 Å². The zero-order valence-electron chi connectivity index (χ0n) is 12.2. The monoisotopic (exact) mass is 280 g/mol. The summed E-state index contributed by atoms with van der Waals surface area (Å²) in [4.78, 5) is 11.4. The lowest BCUT2D eigenvalue weighted by Crippen LogP contribution is -2.16. The van der Waals surface area contributed by atoms with Gasteiger partial charge in [0.05, 0.1) is 25.9 Å². The Hall–Kier alpha value is -1.43. The lowest BCUT2D eigenvalue weighted by Gasteiger charge is -2.09. The molecule has 0 saturated carbocycles. The third-order valence-corrected chi connectivity index (χ3v) is 2.53. The molecule has 0 aliphatic carbocycles. The second-order valence-electron chi connectivity index (χ2n) is 4.76. The average Bonchev–Trinajstić information content (AvgIpc) is 2.38. The van der Waals surface area contributed by atoms with Crippen LogP contribution in [0.15, 0.2) is 24.3 Å². The largest absolute Gasteiger partial charge is 0.376 e. The first-order chi connectivity index (χ1) is 9.61. The van der Waals surface area contributed by atoms with Gasteiger partial charge in [0.15, 0.2) is 0 Å². The Bertz CT molecular complexity index is 408. The smallest absolute Gasteiger partial charge is 0.225 e. The highest BCUT2D eigenvalue weighted by molar-refractivity contribution is 5.90. The van der Waals surface area contributed by atoms with Crippen LogP contribution in [0.1, 0.15) is 25.8 Å². The van der Waals surface area contributed by atoms with Crippen LogP contribution >= 0.6 is 0 Å². The Balaban J connectivity index is 2.34. The maximum Gasteiger partial charge on any atom is 0.225 e. The van der Waals surface area contributed by atoms with E-state index in [1.54, 1.807) is 0 Å². The van der Waals surface area contributed by atoms with Crippen molar-refractivity contribution in [1.29, 1.82) is 0 Å². The lowest BCUT2D eigenvalue weighted by atomic mass is 10.2. The summed E-state index contributed by atoms with van der Waals surface area (Å²) in [7, 11) is 0. The van der Waals surface area contributed by atoms with Gasteiger partial charge in [0.2, 0.25) is 5.91 Å². The van der Waals surface area contributed by atoms with E-state index >= 15 is 0 Å². The number of nitrogens with two attached hydrogens (primary N) is 1. The summed E-state index contributed by atoms with van der Waals surface area (Å²) in [5.74, 6) is -0.0732. The van der Waals surface area contributed by atoms with Crippen molar-refractivity contribution in [3.63, 3.8) is 0 Å². The minimum atomic E-state index is -0.0732. The van der Waals surface area contributed by atoms with Gasteiger partial charge in [-0.05, 0) is 31.5 Å². The van der Waals surface area contributed by atoms with Crippen LogP contribution in [0.2, 0.25) is 0 Å². The molecule has 0 aliphatic rings. The molecule has 3 N–H and O–H groups in total. The summed E-state index contributed by atoms with van der Waals surface area (Å²) >= 11 is 0. The molecule has 0 fully saturated rings. The molecule has 0 atom stereocenters. The van der Waals surface area contributed by atoms with Crippen LogP contribution in [0.5, 0.6) is 0 Å². The van der Waals surface area contributed by atoms with Gasteiger partial charge in [0.25, 0.3) is 0 Å². The summed E-state index contributed by atoms with van der Waals surface area (Å²) in [6, 6.07) is 7.60. The minimum Gasteiger partial charge on any atom is -0.376 e. The quantitative estimate of drug-likeness (QED) is 0.678. The summed E-state index contributed by atoms with van der Waals surface area (Å²) < 4.78 is 10.9. The summed E-state index contributed by atoms with van der Waals surface area (Å²) in [6.45, 7) is 5.99. The van der Waals surface area contributed by atoms with Gasteiger partial charge in [-0.3, -0.25) is 4.79 Å². The van der Waals surface area contributed by atoms with Gasteiger partial charge >= 0.3 is 0 Å². The Morgan fingerprint density at radius 2 is 2.15 bits per heavy atom. The van der Waals surface area contributed by atoms with Gasteiger partial charge in [-0.2, -0.15) is 0 Å². The first-order valence-electron chi connectivity index (χ1n) is 6.90. The van der Waals surface area contributed by atoms with Gasteiger partial charge in [-0.1, -0.05) is 12.1 Å². The number of carbonyl (C=O) groups is 1. The highest BCUT2D eigenvalue weighted by atomic mass is 16.5. The Morgan fingerprint density at radius 1 is 1.35 bits per heavy atom. The van der Waals surface area contributed by atoms with E-state index in [1.807, 2.05) is 38.1 Å². The predicted molar refractivity (Wildman–Crippen MR) is 79.5 cm³/mol. The maximum absolute atomic E-state index is 11.4. The topological polar surface area (TPSA) is 73.6 Å². The summed E-state index contributed by atoms with van der Waals surface area (Å²) in [5.41, 5.74) is 7.12. The van der Waals surface area contributed by atoms with Crippen molar-refractivity contribution in [3.05, 3.63) is 29.8 Å². The van der Waals surface area contributed by atoms with Gasteiger partial charge in [0, 0.05) is 18.7 Å². The molecule has 1 rings (SSSR count). The van der Waals surface area contributed by atoms with E-state index in [9.17, 15) is 4.79 Å². The molecule has 20 heavy (non-hydrogen) atoms. The fourth-order valence-corrected chi connectivity index (χ4v) is 1.63. The number of benzene rings is 1. The summed E-state index contributed by atoms with van der Waals surface area (Å²) in [6.07, 6.45) is 0.549. The number of hydrogen-bond donors (Lipinski definition) is 2. The van der Waals surface area contributed by atoms with Crippen molar-refractivity contribution in [3.8, 4) is 0 Å². The molecule has 5 nitrogen and oxygen atoms in total. The molecule has 0 aromatic heterocycles. The van der Waals surface area contributed by atoms with Crippen LogP contribution in [0.4, 0.5) is 5.69 Å². The van der Waals surface area contributed by atoms with Crippen molar-refractivity contribution < 1.29 is 14.3 Å². The highest BCUT2D eigenvalue weighted by Crippen LogP contribution is 2.11. The molecule has 5 heteroatoms. The second kappa shape index (κ2) is 9.47. The molecule has 0 aliphatic heterocycles. The fraction of sp³-hybridized carbons (Fsp3) is 0.533. The molecular weight excluding hydrogens is 256 g/mol. The van der Waals surface area contributed by atoms with Crippen LogP contribution in [-0.4, -0.2) is 31.8 Å². The van der Waals surface area contributed by atoms with E-state index in [2.05, 4.69) is 5.32 Å². The standard InChI is InChI=1S/C15H24N2O3/c1-12(2)20-9-8-19-11-13-4-3-5-14(10-13)17-15(18)6-7-16/h3-5,10,12H,6-9,11,16H2,1-2H3,(H,17,18). The minimum absolute atomic E-state index is 0.0732. The number of hydrogen-bond acceptors (Lipinski definition) is 4. The number of nitrogens with one attached hydrogen (secondary N) is 1. The SMILES string of the molecule is CC(C)OCCOCc1cccc(NC(=O)CCN)c1. The molecule has 112 valence electrons. The Kier molecular flexibility index (Phi) is 7.87. The number of rotatable bonds is 9. The zero-order valence-corrected chi connectivity index (χ0v) is 12.2. The van der Waals surface area contributed by atoms with Gasteiger partial charge in [-0.25, -0.2) is 0 Å². The molecular formula is C15H24N2O3.